The van der Waals surface area contributed by atoms with Gasteiger partial charge in [0, 0.05) is 18.7 Å². The number of hydrogen-bond donors (Lipinski definition) is 1. The van der Waals surface area contributed by atoms with E-state index < -0.39 is 4.92 Å². The summed E-state index contributed by atoms with van der Waals surface area (Å²) in [6, 6.07) is 12.4. The summed E-state index contributed by atoms with van der Waals surface area (Å²) in [5, 5.41) is 22.7. The maximum Gasteiger partial charge on any atom is 0.270 e. The second-order valence-corrected chi connectivity index (χ2v) is 4.37. The molecule has 0 fully saturated rings. The Bertz CT molecular complexity index is 710. The van der Waals surface area contributed by atoms with Crippen molar-refractivity contribution >= 4 is 11.4 Å². The van der Waals surface area contributed by atoms with E-state index in [1.165, 1.54) is 24.3 Å². The highest BCUT2D eigenvalue weighted by molar-refractivity contribution is 5.61. The molecule has 106 valence electrons. The average molecular weight is 285 g/mol. The van der Waals surface area contributed by atoms with Crippen LogP contribution in [0.25, 0.3) is 0 Å². The highest BCUT2D eigenvalue weighted by atomic mass is 19.1. The predicted molar refractivity (Wildman–Crippen MR) is 76.4 cm³/mol. The van der Waals surface area contributed by atoms with Crippen LogP contribution in [0.4, 0.5) is 15.8 Å². The van der Waals surface area contributed by atoms with Crippen LogP contribution in [0.1, 0.15) is 11.1 Å². The Morgan fingerprint density at radius 2 is 2.05 bits per heavy atom. The Balaban J connectivity index is 2.05. The molecule has 0 aliphatic rings. The zero-order chi connectivity index (χ0) is 15.2. The van der Waals surface area contributed by atoms with Gasteiger partial charge in [0.05, 0.1) is 16.2 Å². The van der Waals surface area contributed by atoms with Crippen molar-refractivity contribution in [1.29, 1.82) is 5.26 Å². The average Bonchev–Trinajstić information content (AvgIpc) is 2.49. The SMILES string of the molecule is N#Cc1cc([N+](=O)[O-])ccc1NCCc1ccccc1F. The normalized spacial score (nSPS) is 9.90. The van der Waals surface area contributed by atoms with Gasteiger partial charge < -0.3 is 5.32 Å². The third kappa shape index (κ3) is 3.54. The van der Waals surface area contributed by atoms with Crippen LogP contribution in [0, 0.1) is 27.3 Å². The van der Waals surface area contributed by atoms with Gasteiger partial charge in [-0.25, -0.2) is 4.39 Å². The van der Waals surface area contributed by atoms with E-state index in [0.717, 1.165) is 0 Å². The maximum atomic E-state index is 13.4. The molecule has 0 aliphatic carbocycles. The lowest BCUT2D eigenvalue weighted by Gasteiger charge is -2.08. The molecule has 1 N–H and O–H groups in total. The molecule has 0 atom stereocenters. The maximum absolute atomic E-state index is 13.4. The molecular weight excluding hydrogens is 273 g/mol. The Kier molecular flexibility index (Phi) is 4.46. The minimum atomic E-state index is -0.552. The number of nitrogens with one attached hydrogen (secondary N) is 1. The number of nitro groups is 1. The van der Waals surface area contributed by atoms with E-state index in [1.54, 1.807) is 18.2 Å². The van der Waals surface area contributed by atoms with Crippen LogP contribution >= 0.6 is 0 Å². The van der Waals surface area contributed by atoms with Crippen LogP contribution in [0.2, 0.25) is 0 Å². The first-order valence-corrected chi connectivity index (χ1v) is 6.27. The fraction of sp³-hybridized carbons (Fsp3) is 0.133. The largest absolute Gasteiger partial charge is 0.384 e. The number of nitriles is 1. The van der Waals surface area contributed by atoms with E-state index in [4.69, 9.17) is 5.26 Å². The second-order valence-electron chi connectivity index (χ2n) is 4.37. The molecule has 0 aliphatic heterocycles. The molecule has 2 aromatic rings. The number of nitro benzene ring substituents is 1. The number of anilines is 1. The van der Waals surface area contributed by atoms with Crippen LogP contribution in [0.3, 0.4) is 0 Å². The monoisotopic (exact) mass is 285 g/mol. The number of nitrogens with zero attached hydrogens (tertiary/aromatic N) is 2. The third-order valence-corrected chi connectivity index (χ3v) is 3.00. The van der Waals surface area contributed by atoms with Gasteiger partial charge in [-0.15, -0.1) is 0 Å². The van der Waals surface area contributed by atoms with Gasteiger partial charge >= 0.3 is 0 Å². The van der Waals surface area contributed by atoms with Crippen molar-refractivity contribution in [3.8, 4) is 6.07 Å². The Hall–Kier alpha value is -2.94. The van der Waals surface area contributed by atoms with Gasteiger partial charge in [0.25, 0.3) is 5.69 Å². The first-order valence-electron chi connectivity index (χ1n) is 6.27. The number of benzene rings is 2. The molecule has 6 heteroatoms. The smallest absolute Gasteiger partial charge is 0.270 e. The van der Waals surface area contributed by atoms with Gasteiger partial charge in [-0.3, -0.25) is 10.1 Å². The van der Waals surface area contributed by atoms with Crippen molar-refractivity contribution in [3.05, 3.63) is 69.5 Å². The fourth-order valence-corrected chi connectivity index (χ4v) is 1.93. The molecule has 0 spiro atoms. The number of hydrogen-bond acceptors (Lipinski definition) is 4. The fourth-order valence-electron chi connectivity index (χ4n) is 1.93. The van der Waals surface area contributed by atoms with Gasteiger partial charge in [-0.2, -0.15) is 5.26 Å². The molecule has 21 heavy (non-hydrogen) atoms. The van der Waals surface area contributed by atoms with Gasteiger partial charge in [0.2, 0.25) is 0 Å². The first-order chi connectivity index (χ1) is 10.1. The summed E-state index contributed by atoms with van der Waals surface area (Å²) in [5.41, 5.74) is 1.13. The number of halogens is 1. The van der Waals surface area contributed by atoms with E-state index in [1.807, 2.05) is 6.07 Å². The molecule has 0 radical (unpaired) electrons. The summed E-state index contributed by atoms with van der Waals surface area (Å²) in [5.74, 6) is -0.275. The Labute approximate surface area is 120 Å². The van der Waals surface area contributed by atoms with E-state index in [9.17, 15) is 14.5 Å². The van der Waals surface area contributed by atoms with Crippen molar-refractivity contribution in [1.82, 2.24) is 0 Å². The van der Waals surface area contributed by atoms with Crippen molar-refractivity contribution in [2.24, 2.45) is 0 Å². The zero-order valence-corrected chi connectivity index (χ0v) is 11.0. The lowest BCUT2D eigenvalue weighted by atomic mass is 10.1. The lowest BCUT2D eigenvalue weighted by Crippen LogP contribution is -2.07. The standard InChI is InChI=1S/C15H12FN3O2/c16-14-4-2-1-3-11(14)7-8-18-15-6-5-13(19(20)21)9-12(15)10-17/h1-6,9,18H,7-8H2. The van der Waals surface area contributed by atoms with E-state index in [0.29, 0.717) is 24.2 Å². The summed E-state index contributed by atoms with van der Waals surface area (Å²) in [7, 11) is 0. The first kappa shape index (κ1) is 14.5. The minimum Gasteiger partial charge on any atom is -0.384 e. The zero-order valence-electron chi connectivity index (χ0n) is 11.0. The summed E-state index contributed by atoms with van der Waals surface area (Å²) in [6.07, 6.45) is 0.453. The summed E-state index contributed by atoms with van der Waals surface area (Å²) >= 11 is 0. The topological polar surface area (TPSA) is 79.0 Å². The van der Waals surface area contributed by atoms with Gasteiger partial charge in [0.15, 0.2) is 0 Å². The van der Waals surface area contributed by atoms with Gasteiger partial charge in [-0.1, -0.05) is 18.2 Å². The molecule has 0 saturated carbocycles. The molecule has 5 nitrogen and oxygen atoms in total. The van der Waals surface area contributed by atoms with E-state index in [-0.39, 0.29) is 17.1 Å². The van der Waals surface area contributed by atoms with Crippen LogP contribution < -0.4 is 5.32 Å². The van der Waals surface area contributed by atoms with E-state index in [2.05, 4.69) is 5.32 Å². The van der Waals surface area contributed by atoms with Crippen molar-refractivity contribution in [2.45, 2.75) is 6.42 Å². The molecular formula is C15H12FN3O2. The molecule has 2 aromatic carbocycles. The number of non-ortho nitro benzene ring substituents is 1. The molecule has 0 amide bonds. The van der Waals surface area contributed by atoms with Crippen molar-refractivity contribution in [3.63, 3.8) is 0 Å². The third-order valence-electron chi connectivity index (χ3n) is 3.00. The summed E-state index contributed by atoms with van der Waals surface area (Å²) in [4.78, 5) is 10.1. The lowest BCUT2D eigenvalue weighted by molar-refractivity contribution is -0.384. The molecule has 0 unspecified atom stereocenters. The van der Waals surface area contributed by atoms with Crippen LogP contribution in [0.15, 0.2) is 42.5 Å². The van der Waals surface area contributed by atoms with Crippen LogP contribution in [0.5, 0.6) is 0 Å². The quantitative estimate of drug-likeness (QED) is 0.675. The molecule has 0 saturated heterocycles. The minimum absolute atomic E-state index is 0.133. The molecule has 0 heterocycles. The Morgan fingerprint density at radius 1 is 1.29 bits per heavy atom. The Morgan fingerprint density at radius 3 is 2.71 bits per heavy atom. The second kappa shape index (κ2) is 6.48. The van der Waals surface area contributed by atoms with Crippen molar-refractivity contribution < 1.29 is 9.31 Å². The van der Waals surface area contributed by atoms with Gasteiger partial charge in [-0.05, 0) is 24.1 Å². The van der Waals surface area contributed by atoms with Gasteiger partial charge in [0.1, 0.15) is 11.9 Å². The van der Waals surface area contributed by atoms with Crippen LogP contribution in [-0.4, -0.2) is 11.5 Å². The summed E-state index contributed by atoms with van der Waals surface area (Å²) in [6.45, 7) is 0.424. The van der Waals surface area contributed by atoms with E-state index >= 15 is 0 Å². The highest BCUT2D eigenvalue weighted by Gasteiger charge is 2.10. The predicted octanol–water partition coefficient (Wildman–Crippen LogP) is 3.26. The number of rotatable bonds is 5. The molecule has 2 rings (SSSR count). The summed E-state index contributed by atoms with van der Waals surface area (Å²) < 4.78 is 13.4. The highest BCUT2D eigenvalue weighted by Crippen LogP contribution is 2.21. The van der Waals surface area contributed by atoms with Crippen LogP contribution in [-0.2, 0) is 6.42 Å². The molecule has 0 bridgehead atoms. The van der Waals surface area contributed by atoms with Crippen molar-refractivity contribution in [2.75, 3.05) is 11.9 Å². The molecule has 0 aromatic heterocycles.